The Morgan fingerprint density at radius 1 is 1.17 bits per heavy atom. The van der Waals surface area contributed by atoms with Crippen LogP contribution in [-0.4, -0.2) is 92.1 Å². The first kappa shape index (κ1) is 30.7. The summed E-state index contributed by atoms with van der Waals surface area (Å²) in [5.41, 5.74) is -7.19. The van der Waals surface area contributed by atoms with Crippen molar-refractivity contribution in [2.45, 2.75) is 93.1 Å². The number of hydrogen-bond donors (Lipinski definition) is 4. The Kier molecular flexibility index (Phi) is 8.12. The number of esters is 2. The van der Waals surface area contributed by atoms with Gasteiger partial charge in [-0.15, -0.1) is 0 Å². The summed E-state index contributed by atoms with van der Waals surface area (Å²) >= 11 is 0. The highest BCUT2D eigenvalue weighted by atomic mass is 19.1. The maximum atomic E-state index is 13.2. The van der Waals surface area contributed by atoms with Crippen LogP contribution < -0.4 is 0 Å². The number of aliphatic hydroxyl groups excluding tert-OH is 2. The minimum Gasteiger partial charge on any atom is -0.455 e. The van der Waals surface area contributed by atoms with Crippen molar-refractivity contribution in [3.63, 3.8) is 0 Å². The summed E-state index contributed by atoms with van der Waals surface area (Å²) in [5.74, 6) is -4.77. The van der Waals surface area contributed by atoms with E-state index in [1.807, 2.05) is 6.08 Å². The van der Waals surface area contributed by atoms with E-state index < -0.39 is 82.8 Å². The molecular formula is C31H39FO10. The highest BCUT2D eigenvalue weighted by Crippen LogP contribution is 2.71. The van der Waals surface area contributed by atoms with Gasteiger partial charge in [0.05, 0.1) is 25.0 Å². The van der Waals surface area contributed by atoms with Crippen LogP contribution in [0.2, 0.25) is 0 Å². The number of aliphatic hydroxyl groups is 4. The molecule has 42 heavy (non-hydrogen) atoms. The van der Waals surface area contributed by atoms with Gasteiger partial charge in [0, 0.05) is 36.7 Å². The number of unbranched alkanes of at least 4 members (excludes halogenated alkanes) is 2. The first-order valence-corrected chi connectivity index (χ1v) is 14.6. The van der Waals surface area contributed by atoms with Gasteiger partial charge in [-0.3, -0.25) is 14.0 Å². The standard InChI is InChI=1S/C31H39FO10/c1-3-22(34)41-29-15-19(29)24-26-30(17-33,42-26)27(37)31(39)20(14-18(2)25(31)36)28(24,38)16-21(29)40-23(35)12-10-8-6-4-5-7-9-11-13-32/h4-6,8,10,12,14,19-21,24,26-27,33,37-39H,3,7,9,11,13,15-17H2,1-2H3/b5-4+,8-6+,12-10+. The minimum absolute atomic E-state index is 0.0636. The molecule has 1 saturated heterocycles. The maximum Gasteiger partial charge on any atom is 0.331 e. The quantitative estimate of drug-likeness (QED) is 0.0913. The van der Waals surface area contributed by atoms with Crippen molar-refractivity contribution >= 4 is 17.7 Å². The average molecular weight is 591 g/mol. The zero-order valence-corrected chi connectivity index (χ0v) is 23.8. The van der Waals surface area contributed by atoms with E-state index in [2.05, 4.69) is 0 Å². The van der Waals surface area contributed by atoms with E-state index in [-0.39, 0.29) is 31.5 Å². The Morgan fingerprint density at radius 2 is 1.90 bits per heavy atom. The smallest absolute Gasteiger partial charge is 0.331 e. The van der Waals surface area contributed by atoms with Crippen LogP contribution in [0, 0.1) is 17.8 Å². The zero-order valence-electron chi connectivity index (χ0n) is 23.8. The molecule has 0 bridgehead atoms. The van der Waals surface area contributed by atoms with Crippen molar-refractivity contribution in [3.8, 4) is 0 Å². The largest absolute Gasteiger partial charge is 0.455 e. The van der Waals surface area contributed by atoms with Crippen LogP contribution in [0.3, 0.4) is 0 Å². The number of epoxide rings is 1. The molecule has 4 N–H and O–H groups in total. The van der Waals surface area contributed by atoms with Crippen molar-refractivity contribution in [1.82, 2.24) is 0 Å². The topological polar surface area (TPSA) is 163 Å². The van der Waals surface area contributed by atoms with Gasteiger partial charge in [-0.25, -0.2) is 4.79 Å². The van der Waals surface area contributed by atoms with Crippen LogP contribution in [0.1, 0.15) is 52.4 Å². The van der Waals surface area contributed by atoms with Crippen LogP contribution in [0.25, 0.3) is 0 Å². The number of fused-ring (bicyclic) bond motifs is 7. The Hall–Kier alpha value is -2.70. The van der Waals surface area contributed by atoms with Crippen LogP contribution in [0.4, 0.5) is 4.39 Å². The number of allylic oxidation sites excluding steroid dienone is 5. The highest BCUT2D eigenvalue weighted by molar-refractivity contribution is 6.05. The molecule has 10 unspecified atom stereocenters. The number of halogens is 1. The molecule has 1 heterocycles. The lowest BCUT2D eigenvalue weighted by molar-refractivity contribution is -0.221. The fourth-order valence-electron chi connectivity index (χ4n) is 7.54. The van der Waals surface area contributed by atoms with Gasteiger partial charge < -0.3 is 34.6 Å². The third-order valence-corrected chi connectivity index (χ3v) is 9.76. The normalized spacial score (nSPS) is 43.4. The lowest BCUT2D eigenvalue weighted by Gasteiger charge is -2.49. The van der Waals surface area contributed by atoms with Gasteiger partial charge in [-0.1, -0.05) is 43.4 Å². The number of carbonyl (C=O) groups is 3. The molecule has 0 aromatic rings. The molecule has 4 fully saturated rings. The monoisotopic (exact) mass is 590 g/mol. The fraction of sp³-hybridized carbons (Fsp3) is 0.645. The molecule has 4 aliphatic carbocycles. The number of ketones is 1. The van der Waals surface area contributed by atoms with Crippen molar-refractivity contribution in [2.24, 2.45) is 17.8 Å². The number of alkyl halides is 1. The zero-order chi connectivity index (χ0) is 30.5. The lowest BCUT2D eigenvalue weighted by atomic mass is 9.63. The molecule has 5 aliphatic rings. The first-order valence-electron chi connectivity index (χ1n) is 14.6. The van der Waals surface area contributed by atoms with E-state index >= 15 is 0 Å². The van der Waals surface area contributed by atoms with E-state index in [4.69, 9.17) is 14.2 Å². The van der Waals surface area contributed by atoms with Crippen molar-refractivity contribution in [3.05, 3.63) is 48.1 Å². The second-order valence-electron chi connectivity index (χ2n) is 12.1. The molecule has 3 saturated carbocycles. The predicted molar refractivity (Wildman–Crippen MR) is 145 cm³/mol. The summed E-state index contributed by atoms with van der Waals surface area (Å²) < 4.78 is 29.6. The summed E-state index contributed by atoms with van der Waals surface area (Å²) in [7, 11) is 0. The van der Waals surface area contributed by atoms with E-state index in [9.17, 15) is 39.2 Å². The number of hydrogen-bond acceptors (Lipinski definition) is 10. The second-order valence-corrected chi connectivity index (χ2v) is 12.1. The van der Waals surface area contributed by atoms with Gasteiger partial charge in [0.25, 0.3) is 0 Å². The molecule has 0 radical (unpaired) electrons. The second kappa shape index (κ2) is 11.1. The molecule has 0 spiro atoms. The molecule has 0 aromatic heterocycles. The average Bonchev–Trinajstić information content (AvgIpc) is 3.86. The third kappa shape index (κ3) is 4.61. The Balaban J connectivity index is 1.42. The highest BCUT2D eigenvalue weighted by Gasteiger charge is 2.86. The van der Waals surface area contributed by atoms with E-state index in [0.29, 0.717) is 6.42 Å². The summed E-state index contributed by atoms with van der Waals surface area (Å²) in [6.45, 7) is 2.05. The maximum absolute atomic E-state index is 13.2. The van der Waals surface area contributed by atoms with Gasteiger partial charge >= 0.3 is 11.9 Å². The molecular weight excluding hydrogens is 551 g/mol. The van der Waals surface area contributed by atoms with Crippen LogP contribution in [-0.2, 0) is 28.6 Å². The van der Waals surface area contributed by atoms with Gasteiger partial charge in [-0.05, 0) is 38.2 Å². The van der Waals surface area contributed by atoms with Gasteiger partial charge in [0.15, 0.2) is 17.0 Å². The molecule has 10 nitrogen and oxygen atoms in total. The lowest BCUT2D eigenvalue weighted by Crippen LogP contribution is -2.65. The van der Waals surface area contributed by atoms with Crippen LogP contribution in [0.5, 0.6) is 0 Å². The number of rotatable bonds is 11. The Morgan fingerprint density at radius 3 is 2.60 bits per heavy atom. The molecule has 0 amide bonds. The Bertz CT molecular complexity index is 1240. The molecule has 1 aliphatic heterocycles. The molecule has 230 valence electrons. The van der Waals surface area contributed by atoms with Gasteiger partial charge in [0.2, 0.25) is 0 Å². The molecule has 0 aromatic carbocycles. The molecule has 10 atom stereocenters. The van der Waals surface area contributed by atoms with Crippen molar-refractivity contribution in [1.29, 1.82) is 0 Å². The fourth-order valence-corrected chi connectivity index (χ4v) is 7.54. The van der Waals surface area contributed by atoms with E-state index in [1.165, 1.54) is 25.2 Å². The summed E-state index contributed by atoms with van der Waals surface area (Å²) in [4.78, 5) is 38.6. The van der Waals surface area contributed by atoms with Crippen molar-refractivity contribution < 1.29 is 53.4 Å². The summed E-state index contributed by atoms with van der Waals surface area (Å²) in [5, 5.41) is 45.7. The van der Waals surface area contributed by atoms with Crippen LogP contribution >= 0.6 is 0 Å². The third-order valence-electron chi connectivity index (χ3n) is 9.76. The van der Waals surface area contributed by atoms with Crippen molar-refractivity contribution in [2.75, 3.05) is 13.3 Å². The van der Waals surface area contributed by atoms with E-state index in [1.54, 1.807) is 25.2 Å². The predicted octanol–water partition coefficient (Wildman–Crippen LogP) is 1.55. The van der Waals surface area contributed by atoms with Gasteiger partial charge in [0.1, 0.15) is 17.8 Å². The SMILES string of the molecule is CCC(=O)OC12CC1C1C3OC3(CO)C(O)C3(O)C(=O)C(C)=CC3C1(O)CC2OC(=O)/C=C/C=C/C=C/CCCCF. The van der Waals surface area contributed by atoms with E-state index in [0.717, 1.165) is 12.8 Å². The van der Waals surface area contributed by atoms with Gasteiger partial charge in [-0.2, -0.15) is 0 Å². The number of carbonyl (C=O) groups excluding carboxylic acids is 3. The molecule has 11 heteroatoms. The summed E-state index contributed by atoms with van der Waals surface area (Å²) in [6.07, 6.45) is 9.18. The minimum atomic E-state index is -2.47. The Labute approximate surface area is 243 Å². The number of Topliss-reactive ketones (excluding diaryl/α,β-unsaturated/α-hetero) is 1. The molecule has 5 rings (SSSR count). The van der Waals surface area contributed by atoms with Crippen LogP contribution in [0.15, 0.2) is 48.1 Å². The summed E-state index contributed by atoms with van der Waals surface area (Å²) in [6, 6.07) is 0. The first-order chi connectivity index (χ1) is 20.0. The number of ether oxygens (including phenoxy) is 3.